The van der Waals surface area contributed by atoms with Crippen LogP contribution in [-0.4, -0.2) is 13.0 Å². The lowest BCUT2D eigenvalue weighted by Gasteiger charge is -2.04. The standard InChI is InChI=1S/C10H14N2O/c1-3-10(13)12-9-6-4-8(11-2)5-7-9/h4-7,11H,3H2,1-2H3,(H,12,13). The van der Waals surface area contributed by atoms with E-state index in [1.807, 2.05) is 38.2 Å². The summed E-state index contributed by atoms with van der Waals surface area (Å²) in [6, 6.07) is 7.59. The van der Waals surface area contributed by atoms with Gasteiger partial charge in [-0.2, -0.15) is 0 Å². The van der Waals surface area contributed by atoms with Gasteiger partial charge in [-0.1, -0.05) is 6.92 Å². The molecule has 1 aromatic rings. The third kappa shape index (κ3) is 2.78. The lowest BCUT2D eigenvalue weighted by molar-refractivity contribution is -0.115. The van der Waals surface area contributed by atoms with Gasteiger partial charge in [0.1, 0.15) is 0 Å². The van der Waals surface area contributed by atoms with Gasteiger partial charge in [0.2, 0.25) is 5.91 Å². The van der Waals surface area contributed by atoms with Crippen molar-refractivity contribution < 1.29 is 4.79 Å². The van der Waals surface area contributed by atoms with E-state index in [4.69, 9.17) is 0 Å². The molecular weight excluding hydrogens is 164 g/mol. The first-order valence-electron chi connectivity index (χ1n) is 4.34. The molecule has 0 aromatic heterocycles. The van der Waals surface area contributed by atoms with Gasteiger partial charge in [0.25, 0.3) is 0 Å². The number of rotatable bonds is 3. The number of carbonyl (C=O) groups is 1. The van der Waals surface area contributed by atoms with Crippen molar-refractivity contribution in [2.45, 2.75) is 13.3 Å². The second-order valence-corrected chi connectivity index (χ2v) is 2.73. The number of carbonyl (C=O) groups excluding carboxylic acids is 1. The Kier molecular flexibility index (Phi) is 3.31. The van der Waals surface area contributed by atoms with Gasteiger partial charge >= 0.3 is 0 Å². The lowest BCUT2D eigenvalue weighted by Crippen LogP contribution is -2.09. The molecule has 0 aliphatic rings. The summed E-state index contributed by atoms with van der Waals surface area (Å²) in [6.45, 7) is 1.83. The summed E-state index contributed by atoms with van der Waals surface area (Å²) >= 11 is 0. The van der Waals surface area contributed by atoms with Gasteiger partial charge < -0.3 is 10.6 Å². The number of anilines is 2. The second kappa shape index (κ2) is 4.50. The summed E-state index contributed by atoms with van der Waals surface area (Å²) < 4.78 is 0. The maximum absolute atomic E-state index is 11.0. The highest BCUT2D eigenvalue weighted by Crippen LogP contribution is 2.12. The van der Waals surface area contributed by atoms with Crippen LogP contribution in [-0.2, 0) is 4.79 Å². The smallest absolute Gasteiger partial charge is 0.224 e. The maximum Gasteiger partial charge on any atom is 0.224 e. The number of amides is 1. The quantitative estimate of drug-likeness (QED) is 0.744. The molecule has 2 N–H and O–H groups in total. The van der Waals surface area contributed by atoms with E-state index in [1.54, 1.807) is 0 Å². The average molecular weight is 178 g/mol. The Bertz CT molecular complexity index is 279. The highest BCUT2D eigenvalue weighted by atomic mass is 16.1. The van der Waals surface area contributed by atoms with Crippen LogP contribution in [0, 0.1) is 0 Å². The molecule has 0 aliphatic carbocycles. The van der Waals surface area contributed by atoms with E-state index >= 15 is 0 Å². The number of hydrogen-bond donors (Lipinski definition) is 2. The molecule has 0 radical (unpaired) electrons. The Morgan fingerprint density at radius 1 is 1.23 bits per heavy atom. The van der Waals surface area contributed by atoms with Crippen LogP contribution >= 0.6 is 0 Å². The maximum atomic E-state index is 11.0. The van der Waals surface area contributed by atoms with Gasteiger partial charge in [-0.15, -0.1) is 0 Å². The first kappa shape index (κ1) is 9.58. The Labute approximate surface area is 78.2 Å². The van der Waals surface area contributed by atoms with Gasteiger partial charge in [0.15, 0.2) is 0 Å². The van der Waals surface area contributed by atoms with Crippen molar-refractivity contribution in [3.8, 4) is 0 Å². The molecule has 0 fully saturated rings. The van der Waals surface area contributed by atoms with E-state index in [2.05, 4.69) is 10.6 Å². The van der Waals surface area contributed by atoms with Crippen LogP contribution in [0.4, 0.5) is 11.4 Å². The van der Waals surface area contributed by atoms with Crippen molar-refractivity contribution in [2.75, 3.05) is 17.7 Å². The fourth-order valence-electron chi connectivity index (χ4n) is 0.970. The van der Waals surface area contributed by atoms with E-state index in [-0.39, 0.29) is 5.91 Å². The SMILES string of the molecule is CCC(=O)Nc1ccc(NC)cc1. The molecule has 1 amide bonds. The van der Waals surface area contributed by atoms with Gasteiger partial charge in [-0.3, -0.25) is 4.79 Å². The monoisotopic (exact) mass is 178 g/mol. The average Bonchev–Trinajstić information content (AvgIpc) is 2.19. The zero-order valence-electron chi connectivity index (χ0n) is 7.92. The molecule has 0 aliphatic heterocycles. The Hall–Kier alpha value is -1.51. The molecule has 0 atom stereocenters. The molecule has 3 heteroatoms. The van der Waals surface area contributed by atoms with Crippen LogP contribution in [0.2, 0.25) is 0 Å². The molecule has 70 valence electrons. The van der Waals surface area contributed by atoms with Gasteiger partial charge in [0, 0.05) is 24.8 Å². The van der Waals surface area contributed by atoms with E-state index in [0.717, 1.165) is 11.4 Å². The van der Waals surface area contributed by atoms with Crippen LogP contribution in [0.5, 0.6) is 0 Å². The van der Waals surface area contributed by atoms with E-state index in [9.17, 15) is 4.79 Å². The number of hydrogen-bond acceptors (Lipinski definition) is 2. The first-order chi connectivity index (χ1) is 6.26. The van der Waals surface area contributed by atoms with Crippen molar-refractivity contribution in [1.29, 1.82) is 0 Å². The Morgan fingerprint density at radius 3 is 2.23 bits per heavy atom. The van der Waals surface area contributed by atoms with E-state index in [1.165, 1.54) is 0 Å². The minimum atomic E-state index is 0.0391. The van der Waals surface area contributed by atoms with Crippen molar-refractivity contribution in [1.82, 2.24) is 0 Å². The normalized spacial score (nSPS) is 9.38. The minimum absolute atomic E-state index is 0.0391. The minimum Gasteiger partial charge on any atom is -0.388 e. The third-order valence-corrected chi connectivity index (χ3v) is 1.78. The number of benzene rings is 1. The molecule has 1 rings (SSSR count). The molecule has 0 heterocycles. The molecule has 3 nitrogen and oxygen atoms in total. The van der Waals surface area contributed by atoms with Crippen molar-refractivity contribution in [3.05, 3.63) is 24.3 Å². The van der Waals surface area contributed by atoms with Crippen LogP contribution < -0.4 is 10.6 Å². The zero-order valence-corrected chi connectivity index (χ0v) is 7.92. The van der Waals surface area contributed by atoms with E-state index < -0.39 is 0 Å². The zero-order chi connectivity index (χ0) is 9.68. The Balaban J connectivity index is 2.64. The van der Waals surface area contributed by atoms with Crippen LogP contribution in [0.25, 0.3) is 0 Å². The molecular formula is C10H14N2O. The summed E-state index contributed by atoms with van der Waals surface area (Å²) in [5.41, 5.74) is 1.88. The van der Waals surface area contributed by atoms with E-state index in [0.29, 0.717) is 6.42 Å². The van der Waals surface area contributed by atoms with Crippen molar-refractivity contribution in [2.24, 2.45) is 0 Å². The summed E-state index contributed by atoms with van der Waals surface area (Å²) in [5, 5.41) is 5.78. The van der Waals surface area contributed by atoms with Crippen LogP contribution in [0.1, 0.15) is 13.3 Å². The molecule has 0 saturated carbocycles. The lowest BCUT2D eigenvalue weighted by atomic mass is 10.2. The topological polar surface area (TPSA) is 41.1 Å². The molecule has 13 heavy (non-hydrogen) atoms. The predicted octanol–water partition coefficient (Wildman–Crippen LogP) is 2.08. The summed E-state index contributed by atoms with van der Waals surface area (Å²) in [6.07, 6.45) is 0.508. The fraction of sp³-hybridized carbons (Fsp3) is 0.300. The van der Waals surface area contributed by atoms with Gasteiger partial charge in [-0.05, 0) is 24.3 Å². The molecule has 0 unspecified atom stereocenters. The highest BCUT2D eigenvalue weighted by molar-refractivity contribution is 5.90. The largest absolute Gasteiger partial charge is 0.388 e. The Morgan fingerprint density at radius 2 is 1.77 bits per heavy atom. The van der Waals surface area contributed by atoms with Gasteiger partial charge in [-0.25, -0.2) is 0 Å². The molecule has 0 bridgehead atoms. The first-order valence-corrected chi connectivity index (χ1v) is 4.34. The molecule has 1 aromatic carbocycles. The third-order valence-electron chi connectivity index (χ3n) is 1.78. The van der Waals surface area contributed by atoms with Crippen molar-refractivity contribution in [3.63, 3.8) is 0 Å². The van der Waals surface area contributed by atoms with Crippen LogP contribution in [0.15, 0.2) is 24.3 Å². The van der Waals surface area contributed by atoms with Gasteiger partial charge in [0.05, 0.1) is 0 Å². The predicted molar refractivity (Wildman–Crippen MR) is 54.9 cm³/mol. The molecule has 0 saturated heterocycles. The van der Waals surface area contributed by atoms with Crippen molar-refractivity contribution >= 4 is 17.3 Å². The summed E-state index contributed by atoms with van der Waals surface area (Å²) in [5.74, 6) is 0.0391. The number of nitrogens with one attached hydrogen (secondary N) is 2. The summed E-state index contributed by atoms with van der Waals surface area (Å²) in [4.78, 5) is 11.0. The molecule has 0 spiro atoms. The second-order valence-electron chi connectivity index (χ2n) is 2.73. The van der Waals surface area contributed by atoms with Crippen LogP contribution in [0.3, 0.4) is 0 Å². The summed E-state index contributed by atoms with van der Waals surface area (Å²) in [7, 11) is 1.86. The fourth-order valence-corrected chi connectivity index (χ4v) is 0.970. The highest BCUT2D eigenvalue weighted by Gasteiger charge is 1.97.